The number of furan rings is 1. The number of aryl methyl sites for hydroxylation is 1. The average Bonchev–Trinajstić information content (AvgIpc) is 3.53. The van der Waals surface area contributed by atoms with E-state index in [2.05, 4.69) is 101 Å². The van der Waals surface area contributed by atoms with Crippen molar-refractivity contribution in [1.82, 2.24) is 9.97 Å². The van der Waals surface area contributed by atoms with E-state index in [-0.39, 0.29) is 20.1 Å². The monoisotopic (exact) mass is 884 g/mol. The van der Waals surface area contributed by atoms with Crippen LogP contribution in [-0.4, -0.2) is 23.2 Å². The van der Waals surface area contributed by atoms with Crippen LogP contribution >= 0.6 is 0 Å². The van der Waals surface area contributed by atoms with Gasteiger partial charge in [-0.15, -0.1) is 18.2 Å². The molecule has 1 fully saturated rings. The maximum Gasteiger partial charge on any atom is 0.121 e. The van der Waals surface area contributed by atoms with E-state index < -0.39 is 20.1 Å². The summed E-state index contributed by atoms with van der Waals surface area (Å²) in [7, 11) is 0. The summed E-state index contributed by atoms with van der Waals surface area (Å²) in [5, 5.41) is 2.25. The Morgan fingerprint density at radius 3 is 2.33 bits per heavy atom. The number of pyridine rings is 2. The van der Waals surface area contributed by atoms with Gasteiger partial charge in [0.1, 0.15) is 5.58 Å². The Balaban J connectivity index is 0.000000193. The van der Waals surface area contributed by atoms with Gasteiger partial charge >= 0.3 is 110 Å². The van der Waals surface area contributed by atoms with Gasteiger partial charge in [-0.1, -0.05) is 84.3 Å². The van der Waals surface area contributed by atoms with E-state index >= 15 is 0 Å². The Kier molecular flexibility index (Phi) is 9.78. The van der Waals surface area contributed by atoms with Gasteiger partial charge in [-0.3, -0.25) is 0 Å². The average molecular weight is 883 g/mol. The summed E-state index contributed by atoms with van der Waals surface area (Å²) in [6, 6.07) is 40.9. The molecule has 1 aliphatic carbocycles. The van der Waals surface area contributed by atoms with Crippen LogP contribution in [-0.2, 0) is 20.1 Å². The standard InChI is InChI=1S/C29H24NO.C15H18GeN.Ir/c1-3-8-20(9-4-1)22-14-15-24-25-12-7-13-26(29(25)31-28(24)19-22)27-18-23(16-17-30-27)21-10-5-2-6-11-21;1-12-5-7-13(8-6-12)15-10-9-14(11-17-15)16(2,3)4;/h1,3-4,7-9,12,14-19,21H,2,5-6,10-11H2;5-7,9-11H,1-4H3;/q2*-1;/i;1D3;. The number of fused-ring (bicyclic) bond motifs is 3. The van der Waals surface area contributed by atoms with Gasteiger partial charge in [0.05, 0.1) is 5.58 Å². The molecule has 0 atom stereocenters. The molecule has 0 saturated heterocycles. The normalized spacial score (nSPS) is 14.6. The Morgan fingerprint density at radius 2 is 1.61 bits per heavy atom. The van der Waals surface area contributed by atoms with Crippen LogP contribution in [0.1, 0.15) is 53.3 Å². The largest absolute Gasteiger partial charge is 0.501 e. The first-order chi connectivity index (χ1) is 24.5. The van der Waals surface area contributed by atoms with Crippen LogP contribution < -0.4 is 4.40 Å². The summed E-state index contributed by atoms with van der Waals surface area (Å²) in [4.78, 5) is 9.18. The molecule has 5 heteroatoms. The van der Waals surface area contributed by atoms with E-state index in [0.717, 1.165) is 50.0 Å². The molecule has 249 valence electrons. The van der Waals surface area contributed by atoms with Gasteiger partial charge in [-0.25, -0.2) is 0 Å². The van der Waals surface area contributed by atoms with E-state index in [9.17, 15) is 0 Å². The van der Waals surface area contributed by atoms with Gasteiger partial charge in [0.25, 0.3) is 0 Å². The summed E-state index contributed by atoms with van der Waals surface area (Å²) in [6.07, 6.45) is 10.5. The van der Waals surface area contributed by atoms with Gasteiger partial charge in [-0.2, -0.15) is 0 Å². The fraction of sp³-hybridized carbons (Fsp3) is 0.227. The fourth-order valence-corrected chi connectivity index (χ4v) is 8.77. The molecule has 3 nitrogen and oxygen atoms in total. The van der Waals surface area contributed by atoms with Crippen molar-refractivity contribution >= 4 is 39.6 Å². The smallest absolute Gasteiger partial charge is 0.121 e. The Hall–Kier alpha value is -3.83. The third kappa shape index (κ3) is 7.99. The fourth-order valence-electron chi connectivity index (χ4n) is 6.60. The van der Waals surface area contributed by atoms with Crippen LogP contribution in [0.15, 0.2) is 120 Å². The van der Waals surface area contributed by atoms with E-state index in [1.54, 1.807) is 12.1 Å². The molecule has 0 aliphatic heterocycles. The van der Waals surface area contributed by atoms with Crippen LogP contribution in [0.5, 0.6) is 0 Å². The van der Waals surface area contributed by atoms with Gasteiger partial charge in [0.2, 0.25) is 0 Å². The molecule has 8 rings (SSSR count). The van der Waals surface area contributed by atoms with Crippen LogP contribution in [0.3, 0.4) is 0 Å². The molecular formula is C44H42GeIrN2O-2. The van der Waals surface area contributed by atoms with Crippen molar-refractivity contribution in [3.8, 4) is 33.6 Å². The zero-order chi connectivity index (χ0) is 35.6. The van der Waals surface area contributed by atoms with Crippen molar-refractivity contribution in [2.45, 2.75) is 62.1 Å². The summed E-state index contributed by atoms with van der Waals surface area (Å²) in [5.74, 6) is 7.63. The molecule has 1 aliphatic rings. The summed E-state index contributed by atoms with van der Waals surface area (Å²) in [6.45, 7) is -2.08. The molecule has 0 bridgehead atoms. The Labute approximate surface area is 311 Å². The molecule has 7 aromatic rings. The minimum atomic E-state index is -2.08. The molecule has 3 heterocycles. The molecule has 0 amide bonds. The van der Waals surface area contributed by atoms with Crippen LogP contribution in [0.4, 0.5) is 0 Å². The minimum Gasteiger partial charge on any atom is -0.501 e. The van der Waals surface area contributed by atoms with Crippen molar-refractivity contribution < 1.29 is 28.6 Å². The number of benzene rings is 4. The van der Waals surface area contributed by atoms with Gasteiger partial charge in [0.15, 0.2) is 0 Å². The minimum absolute atomic E-state index is 0. The van der Waals surface area contributed by atoms with E-state index in [4.69, 9.17) is 13.5 Å². The van der Waals surface area contributed by atoms with Crippen molar-refractivity contribution in [2.75, 3.05) is 0 Å². The number of hydrogen-bond acceptors (Lipinski definition) is 3. The third-order valence-corrected chi connectivity index (χ3v) is 13.6. The zero-order valence-corrected chi connectivity index (χ0v) is 32.7. The summed E-state index contributed by atoms with van der Waals surface area (Å²) < 4.78 is 29.8. The molecule has 0 unspecified atom stereocenters. The first-order valence-electron chi connectivity index (χ1n) is 18.4. The molecular weight excluding hydrogens is 837 g/mol. The molecule has 3 aromatic heterocycles. The molecule has 49 heavy (non-hydrogen) atoms. The number of nitrogens with zero attached hydrogens (tertiary/aromatic N) is 2. The van der Waals surface area contributed by atoms with E-state index in [1.165, 1.54) is 53.7 Å². The van der Waals surface area contributed by atoms with E-state index in [0.29, 0.717) is 11.5 Å². The number of aromatic nitrogens is 2. The zero-order valence-electron chi connectivity index (χ0n) is 31.2. The van der Waals surface area contributed by atoms with Crippen LogP contribution in [0.2, 0.25) is 17.3 Å². The van der Waals surface area contributed by atoms with Gasteiger partial charge in [0, 0.05) is 31.7 Å². The Bertz CT molecular complexity index is 2200. The second kappa shape index (κ2) is 15.4. The van der Waals surface area contributed by atoms with Crippen LogP contribution in [0.25, 0.3) is 55.6 Å². The maximum absolute atomic E-state index is 7.35. The SMILES string of the molecule is [2H]C([2H])([2H])c1c[c-]c(-c2cc[c]([Ge]([CH3])([CH3])[CH3])cn2)cc1.[Ir].[c-]1ccc2c(oc3cc(-c4ccccc4)ccc32)c1-c1cc(C2CCCCC2)ccn1. The second-order valence-corrected chi connectivity index (χ2v) is 24.4. The number of rotatable bonds is 5. The van der Waals surface area contributed by atoms with Crippen molar-refractivity contribution in [1.29, 1.82) is 0 Å². The van der Waals surface area contributed by atoms with Crippen LogP contribution in [0, 0.1) is 19.0 Å². The third-order valence-electron chi connectivity index (χ3n) is 9.38. The first kappa shape index (κ1) is 31.2. The van der Waals surface area contributed by atoms with Crippen molar-refractivity contribution in [3.63, 3.8) is 0 Å². The summed E-state index contributed by atoms with van der Waals surface area (Å²) in [5.41, 5.74) is 9.40. The number of hydrogen-bond donors (Lipinski definition) is 0. The van der Waals surface area contributed by atoms with Gasteiger partial charge < -0.3 is 9.40 Å². The predicted molar refractivity (Wildman–Crippen MR) is 203 cm³/mol. The molecule has 4 aromatic carbocycles. The first-order valence-corrected chi connectivity index (χ1v) is 24.3. The molecule has 1 saturated carbocycles. The van der Waals surface area contributed by atoms with Crippen molar-refractivity contribution in [3.05, 3.63) is 139 Å². The molecule has 0 spiro atoms. The molecule has 0 N–H and O–H groups in total. The predicted octanol–water partition coefficient (Wildman–Crippen LogP) is 11.6. The second-order valence-electron chi connectivity index (χ2n) is 13.8. The quantitative estimate of drug-likeness (QED) is 0.128. The van der Waals surface area contributed by atoms with E-state index in [1.807, 2.05) is 30.6 Å². The van der Waals surface area contributed by atoms with Crippen molar-refractivity contribution in [2.24, 2.45) is 0 Å². The maximum atomic E-state index is 7.35. The van der Waals surface area contributed by atoms with Gasteiger partial charge in [-0.05, 0) is 47.7 Å². The topological polar surface area (TPSA) is 38.9 Å². The Morgan fingerprint density at radius 1 is 0.776 bits per heavy atom. The summed E-state index contributed by atoms with van der Waals surface area (Å²) >= 11 is -1.83. The molecule has 1 radical (unpaired) electrons.